The number of nitrogens with one attached hydrogen (secondary N) is 1. The molecule has 1 unspecified atom stereocenters. The molecule has 7 heteroatoms. The zero-order valence-electron chi connectivity index (χ0n) is 12.6. The Hall–Kier alpha value is -1.50. The van der Waals surface area contributed by atoms with Gasteiger partial charge in [-0.1, -0.05) is 20.8 Å². The largest absolute Gasteiger partial charge is 0.358 e. The van der Waals surface area contributed by atoms with Gasteiger partial charge in [0.2, 0.25) is 5.91 Å². The van der Waals surface area contributed by atoms with E-state index in [0.717, 1.165) is 0 Å². The topological polar surface area (TPSA) is 75.2 Å². The molecule has 0 radical (unpaired) electrons. The number of halogens is 1. The Balaban J connectivity index is 2.22. The van der Waals surface area contributed by atoms with E-state index >= 15 is 0 Å². The smallest absolute Gasteiger partial charge is 0.251 e. The van der Waals surface area contributed by atoms with Gasteiger partial charge < -0.3 is 5.32 Å². The molecule has 1 N–H and O–H groups in total. The van der Waals surface area contributed by atoms with E-state index in [0.29, 0.717) is 29.1 Å². The summed E-state index contributed by atoms with van der Waals surface area (Å²) in [4.78, 5) is 33.6. The highest BCUT2D eigenvalue weighted by Gasteiger charge is 2.32. The predicted octanol–water partition coefficient (Wildman–Crippen LogP) is 2.10. The molecular weight excluding hydrogens is 336 g/mol. The molecule has 21 heavy (non-hydrogen) atoms. The number of carbonyl (C=O) groups is 2. The van der Waals surface area contributed by atoms with Crippen molar-refractivity contribution in [3.05, 3.63) is 16.5 Å². The highest BCUT2D eigenvalue weighted by Crippen LogP contribution is 2.24. The second-order valence-corrected chi connectivity index (χ2v) is 6.99. The van der Waals surface area contributed by atoms with Crippen LogP contribution in [0, 0.1) is 0 Å². The lowest BCUT2D eigenvalue weighted by Crippen LogP contribution is -2.48. The van der Waals surface area contributed by atoms with Gasteiger partial charge >= 0.3 is 0 Å². The van der Waals surface area contributed by atoms with Crippen LogP contribution < -0.4 is 5.32 Å². The molecule has 0 spiro atoms. The normalized spacial score (nSPS) is 19.9. The second-order valence-electron chi connectivity index (χ2n) is 6.18. The lowest BCUT2D eigenvalue weighted by molar-refractivity contribution is -0.146. The van der Waals surface area contributed by atoms with E-state index < -0.39 is 6.04 Å². The zero-order valence-corrected chi connectivity index (χ0v) is 14.2. The van der Waals surface area contributed by atoms with E-state index in [9.17, 15) is 9.59 Å². The van der Waals surface area contributed by atoms with Gasteiger partial charge in [0.05, 0.1) is 0 Å². The summed E-state index contributed by atoms with van der Waals surface area (Å²) in [5.74, 6) is 0.908. The summed E-state index contributed by atoms with van der Waals surface area (Å²) < 4.78 is 0.664. The van der Waals surface area contributed by atoms with Gasteiger partial charge in [0.15, 0.2) is 0 Å². The van der Waals surface area contributed by atoms with Crippen LogP contribution in [0.5, 0.6) is 0 Å². The van der Waals surface area contributed by atoms with Crippen LogP contribution in [0.25, 0.3) is 0 Å². The average Bonchev–Trinajstić information content (AvgIpc) is 2.38. The number of anilines is 1. The molecule has 114 valence electrons. The van der Waals surface area contributed by atoms with Crippen molar-refractivity contribution in [2.24, 2.45) is 0 Å². The molecule has 2 rings (SSSR count). The van der Waals surface area contributed by atoms with Gasteiger partial charge in [0, 0.05) is 24.9 Å². The molecule has 2 amide bonds. The Morgan fingerprint density at radius 1 is 1.33 bits per heavy atom. The van der Waals surface area contributed by atoms with Crippen LogP contribution in [0.4, 0.5) is 5.82 Å². The van der Waals surface area contributed by atoms with Crippen LogP contribution in [0.3, 0.4) is 0 Å². The summed E-state index contributed by atoms with van der Waals surface area (Å²) >= 11 is 3.37. The lowest BCUT2D eigenvalue weighted by atomic mass is 9.96. The quantitative estimate of drug-likeness (QED) is 0.650. The molecule has 0 saturated carbocycles. The number of amides is 2. The zero-order chi connectivity index (χ0) is 15.8. The number of piperidine rings is 1. The predicted molar refractivity (Wildman–Crippen MR) is 82.9 cm³/mol. The number of imide groups is 1. The number of hydrogen-bond acceptors (Lipinski definition) is 5. The minimum absolute atomic E-state index is 0.141. The van der Waals surface area contributed by atoms with Crippen LogP contribution in [0.1, 0.15) is 39.4 Å². The van der Waals surface area contributed by atoms with E-state index in [2.05, 4.69) is 31.2 Å². The summed E-state index contributed by atoms with van der Waals surface area (Å²) in [6.45, 7) is 6.07. The van der Waals surface area contributed by atoms with Crippen molar-refractivity contribution in [2.75, 3.05) is 12.4 Å². The molecule has 1 aromatic heterocycles. The fourth-order valence-electron chi connectivity index (χ4n) is 2.06. The third kappa shape index (κ3) is 3.58. The number of nitrogens with zero attached hydrogens (tertiary/aromatic N) is 3. The summed E-state index contributed by atoms with van der Waals surface area (Å²) in [5.41, 5.74) is -0.191. The van der Waals surface area contributed by atoms with Crippen LogP contribution in [-0.4, -0.2) is 39.8 Å². The Labute approximate surface area is 132 Å². The van der Waals surface area contributed by atoms with Crippen LogP contribution in [0.2, 0.25) is 0 Å². The first kappa shape index (κ1) is 15.9. The summed E-state index contributed by atoms with van der Waals surface area (Å²) in [6.07, 6.45) is 0.840. The third-order valence-electron chi connectivity index (χ3n) is 3.34. The fourth-order valence-corrected chi connectivity index (χ4v) is 2.44. The molecule has 1 aliphatic rings. The Bertz CT molecular complexity index is 583. The van der Waals surface area contributed by atoms with Gasteiger partial charge in [0.1, 0.15) is 22.3 Å². The van der Waals surface area contributed by atoms with Crippen LogP contribution >= 0.6 is 15.9 Å². The first-order chi connectivity index (χ1) is 9.68. The molecule has 1 aliphatic heterocycles. The molecule has 0 aliphatic carbocycles. The van der Waals surface area contributed by atoms with Gasteiger partial charge in [-0.25, -0.2) is 9.97 Å². The van der Waals surface area contributed by atoms with Crippen molar-refractivity contribution < 1.29 is 9.59 Å². The second kappa shape index (κ2) is 5.71. The van der Waals surface area contributed by atoms with E-state index in [1.165, 1.54) is 11.9 Å². The van der Waals surface area contributed by atoms with E-state index in [4.69, 9.17) is 0 Å². The first-order valence-electron chi connectivity index (χ1n) is 6.80. The van der Waals surface area contributed by atoms with Gasteiger partial charge in [-0.15, -0.1) is 0 Å². The standard InChI is InChI=1S/C14H19BrN4O2/c1-14(2,3)13-17-9(15)7-10(18-13)16-8-5-6-11(20)19(4)12(8)21/h7-8H,5-6H2,1-4H3,(H,16,17,18). The molecule has 0 bridgehead atoms. The van der Waals surface area contributed by atoms with Crippen molar-refractivity contribution in [1.82, 2.24) is 14.9 Å². The monoisotopic (exact) mass is 354 g/mol. The highest BCUT2D eigenvalue weighted by atomic mass is 79.9. The molecule has 6 nitrogen and oxygen atoms in total. The van der Waals surface area contributed by atoms with E-state index in [1.807, 2.05) is 20.8 Å². The molecule has 2 heterocycles. The van der Waals surface area contributed by atoms with Gasteiger partial charge in [0.25, 0.3) is 5.91 Å². The molecule has 1 atom stereocenters. The van der Waals surface area contributed by atoms with E-state index in [1.54, 1.807) is 6.07 Å². The highest BCUT2D eigenvalue weighted by molar-refractivity contribution is 9.10. The minimum Gasteiger partial charge on any atom is -0.358 e. The SMILES string of the molecule is CN1C(=O)CCC(Nc2cc(Br)nc(C(C)(C)C)n2)C1=O. The number of carbonyl (C=O) groups excluding carboxylic acids is 2. The number of rotatable bonds is 2. The van der Waals surface area contributed by atoms with Crippen molar-refractivity contribution >= 4 is 33.6 Å². The average molecular weight is 355 g/mol. The molecule has 1 saturated heterocycles. The molecule has 1 fully saturated rings. The third-order valence-corrected chi connectivity index (χ3v) is 3.74. The van der Waals surface area contributed by atoms with Gasteiger partial charge in [-0.3, -0.25) is 14.5 Å². The Morgan fingerprint density at radius 2 is 2.00 bits per heavy atom. The number of aromatic nitrogens is 2. The Morgan fingerprint density at radius 3 is 2.62 bits per heavy atom. The van der Waals surface area contributed by atoms with E-state index in [-0.39, 0.29) is 17.2 Å². The molecular formula is C14H19BrN4O2. The van der Waals surface area contributed by atoms with Gasteiger partial charge in [-0.05, 0) is 22.4 Å². The van der Waals surface area contributed by atoms with Crippen LogP contribution in [-0.2, 0) is 15.0 Å². The summed E-state index contributed by atoms with van der Waals surface area (Å²) in [7, 11) is 1.51. The Kier molecular flexibility index (Phi) is 4.32. The van der Waals surface area contributed by atoms with Crippen molar-refractivity contribution in [3.8, 4) is 0 Å². The summed E-state index contributed by atoms with van der Waals surface area (Å²) in [6, 6.07) is 1.31. The maximum absolute atomic E-state index is 12.1. The minimum atomic E-state index is -0.428. The van der Waals surface area contributed by atoms with Crippen LogP contribution in [0.15, 0.2) is 10.7 Å². The summed E-state index contributed by atoms with van der Waals surface area (Å²) in [5, 5.41) is 3.11. The van der Waals surface area contributed by atoms with Crippen molar-refractivity contribution in [2.45, 2.75) is 45.1 Å². The molecule has 1 aromatic rings. The molecule has 0 aromatic carbocycles. The fraction of sp³-hybridized carbons (Fsp3) is 0.571. The number of likely N-dealkylation sites (tertiary alicyclic amines) is 1. The number of likely N-dealkylation sites (N-methyl/N-ethyl adjacent to an activating group) is 1. The van der Waals surface area contributed by atoms with Crippen molar-refractivity contribution in [3.63, 3.8) is 0 Å². The maximum Gasteiger partial charge on any atom is 0.251 e. The first-order valence-corrected chi connectivity index (χ1v) is 7.60. The lowest BCUT2D eigenvalue weighted by Gasteiger charge is -2.28. The number of hydrogen-bond donors (Lipinski definition) is 1. The van der Waals surface area contributed by atoms with Gasteiger partial charge in [-0.2, -0.15) is 0 Å². The van der Waals surface area contributed by atoms with Crippen molar-refractivity contribution in [1.29, 1.82) is 0 Å². The maximum atomic E-state index is 12.1.